The number of aromatic nitrogens is 2. The van der Waals surface area contributed by atoms with E-state index in [4.69, 9.17) is 5.26 Å². The highest BCUT2D eigenvalue weighted by Crippen LogP contribution is 2.21. The van der Waals surface area contributed by atoms with Gasteiger partial charge in [0.15, 0.2) is 0 Å². The molecule has 0 unspecified atom stereocenters. The summed E-state index contributed by atoms with van der Waals surface area (Å²) in [4.78, 5) is 4.54. The first-order valence-corrected chi connectivity index (χ1v) is 7.64. The fourth-order valence-electron chi connectivity index (χ4n) is 2.46. The van der Waals surface area contributed by atoms with E-state index in [0.717, 1.165) is 22.8 Å². The Morgan fingerprint density at radius 2 is 1.90 bits per heavy atom. The largest absolute Gasteiger partial charge is 0.318 e. The van der Waals surface area contributed by atoms with Crippen LogP contribution in [0.15, 0.2) is 41.8 Å². The van der Waals surface area contributed by atoms with Gasteiger partial charge in [0.2, 0.25) is 0 Å². The molecule has 3 nitrogen and oxygen atoms in total. The van der Waals surface area contributed by atoms with E-state index in [9.17, 15) is 0 Å². The van der Waals surface area contributed by atoms with E-state index < -0.39 is 0 Å². The van der Waals surface area contributed by atoms with Gasteiger partial charge in [-0.3, -0.25) is 0 Å². The lowest BCUT2D eigenvalue weighted by atomic mass is 10.2. The van der Waals surface area contributed by atoms with Gasteiger partial charge in [0.05, 0.1) is 22.3 Å². The highest BCUT2D eigenvalue weighted by molar-refractivity contribution is 7.09. The first-order valence-electron chi connectivity index (χ1n) is 6.76. The Labute approximate surface area is 128 Å². The molecule has 104 valence electrons. The molecule has 2 aromatic heterocycles. The molecular formula is C17H15N3S. The quantitative estimate of drug-likeness (QED) is 0.732. The Hall–Kier alpha value is -2.38. The van der Waals surface area contributed by atoms with Crippen LogP contribution < -0.4 is 0 Å². The van der Waals surface area contributed by atoms with Crippen molar-refractivity contribution in [3.8, 4) is 11.8 Å². The van der Waals surface area contributed by atoms with Crippen LogP contribution in [0.2, 0.25) is 0 Å². The average Bonchev–Trinajstić information content (AvgIpc) is 3.06. The fourth-order valence-corrected chi connectivity index (χ4v) is 3.07. The molecule has 0 N–H and O–H groups in total. The van der Waals surface area contributed by atoms with Crippen molar-refractivity contribution in [1.82, 2.24) is 9.55 Å². The Bertz CT molecular complexity index is 803. The second kappa shape index (κ2) is 5.55. The summed E-state index contributed by atoms with van der Waals surface area (Å²) in [6.45, 7) is 4.12. The SMILES string of the molecule is Cc1nc(Cc2ccc(C)n2-c2ccc(C#N)cc2)cs1. The fraction of sp³-hybridized carbons (Fsp3) is 0.176. The maximum Gasteiger partial charge on any atom is 0.0991 e. The zero-order valence-corrected chi connectivity index (χ0v) is 12.8. The Morgan fingerprint density at radius 3 is 2.52 bits per heavy atom. The Balaban J connectivity index is 1.98. The van der Waals surface area contributed by atoms with Gasteiger partial charge in [-0.15, -0.1) is 11.3 Å². The van der Waals surface area contributed by atoms with Gasteiger partial charge in [0.25, 0.3) is 0 Å². The topological polar surface area (TPSA) is 41.6 Å². The second-order valence-corrected chi connectivity index (χ2v) is 6.06. The molecule has 3 aromatic rings. The van der Waals surface area contributed by atoms with E-state index in [1.165, 1.54) is 11.4 Å². The number of nitrogens with zero attached hydrogens (tertiary/aromatic N) is 3. The van der Waals surface area contributed by atoms with Crippen LogP contribution in [0.3, 0.4) is 0 Å². The third kappa shape index (κ3) is 2.74. The van der Waals surface area contributed by atoms with E-state index in [-0.39, 0.29) is 0 Å². The van der Waals surface area contributed by atoms with E-state index in [1.807, 2.05) is 31.2 Å². The normalized spacial score (nSPS) is 10.5. The molecule has 0 saturated heterocycles. The summed E-state index contributed by atoms with van der Waals surface area (Å²) >= 11 is 1.68. The molecule has 0 amide bonds. The van der Waals surface area contributed by atoms with E-state index >= 15 is 0 Å². The van der Waals surface area contributed by atoms with Gasteiger partial charge >= 0.3 is 0 Å². The zero-order chi connectivity index (χ0) is 14.8. The standard InChI is InChI=1S/C17H15N3S/c1-12-3-6-17(9-15-11-21-13(2)19-15)20(12)16-7-4-14(10-18)5-8-16/h3-8,11H,9H2,1-2H3. The minimum absolute atomic E-state index is 0.681. The number of rotatable bonds is 3. The number of nitriles is 1. The summed E-state index contributed by atoms with van der Waals surface area (Å²) < 4.78 is 2.22. The van der Waals surface area contributed by atoms with Crippen LogP contribution in [-0.2, 0) is 6.42 Å². The number of benzene rings is 1. The zero-order valence-electron chi connectivity index (χ0n) is 12.0. The first-order chi connectivity index (χ1) is 10.2. The van der Waals surface area contributed by atoms with Gasteiger partial charge in [0, 0.05) is 28.9 Å². The van der Waals surface area contributed by atoms with Gasteiger partial charge in [-0.1, -0.05) is 0 Å². The minimum Gasteiger partial charge on any atom is -0.318 e. The monoisotopic (exact) mass is 293 g/mol. The molecule has 2 heterocycles. The van der Waals surface area contributed by atoms with Crippen LogP contribution >= 0.6 is 11.3 Å². The van der Waals surface area contributed by atoms with Crippen molar-refractivity contribution in [3.63, 3.8) is 0 Å². The second-order valence-electron chi connectivity index (χ2n) is 4.99. The summed E-state index contributed by atoms with van der Waals surface area (Å²) in [5.74, 6) is 0. The lowest BCUT2D eigenvalue weighted by molar-refractivity contribution is 0.908. The highest BCUT2D eigenvalue weighted by atomic mass is 32.1. The summed E-state index contributed by atoms with van der Waals surface area (Å²) in [5.41, 5.74) is 5.26. The summed E-state index contributed by atoms with van der Waals surface area (Å²) in [5, 5.41) is 12.1. The van der Waals surface area contributed by atoms with Gasteiger partial charge in [-0.25, -0.2) is 4.98 Å². The molecule has 0 aliphatic heterocycles. The van der Waals surface area contributed by atoms with Crippen molar-refractivity contribution in [2.75, 3.05) is 0 Å². The minimum atomic E-state index is 0.681. The van der Waals surface area contributed by atoms with Crippen molar-refractivity contribution in [3.05, 3.63) is 69.4 Å². The Morgan fingerprint density at radius 1 is 1.14 bits per heavy atom. The molecule has 21 heavy (non-hydrogen) atoms. The third-order valence-electron chi connectivity index (χ3n) is 3.44. The molecule has 0 atom stereocenters. The molecule has 0 saturated carbocycles. The van der Waals surface area contributed by atoms with Crippen molar-refractivity contribution in [2.45, 2.75) is 20.3 Å². The third-order valence-corrected chi connectivity index (χ3v) is 4.26. The molecular weight excluding hydrogens is 278 g/mol. The lowest BCUT2D eigenvalue weighted by Gasteiger charge is -2.11. The van der Waals surface area contributed by atoms with Crippen molar-refractivity contribution < 1.29 is 0 Å². The maximum absolute atomic E-state index is 8.90. The number of aryl methyl sites for hydroxylation is 2. The van der Waals surface area contributed by atoms with Crippen molar-refractivity contribution in [2.24, 2.45) is 0 Å². The summed E-state index contributed by atoms with van der Waals surface area (Å²) in [6, 6.07) is 14.1. The number of hydrogen-bond donors (Lipinski definition) is 0. The molecule has 3 rings (SSSR count). The highest BCUT2D eigenvalue weighted by Gasteiger charge is 2.09. The van der Waals surface area contributed by atoms with Crippen LogP contribution in [-0.4, -0.2) is 9.55 Å². The molecule has 1 aromatic carbocycles. The van der Waals surface area contributed by atoms with E-state index in [0.29, 0.717) is 5.56 Å². The summed E-state index contributed by atoms with van der Waals surface area (Å²) in [7, 11) is 0. The molecule has 4 heteroatoms. The Kier molecular flexibility index (Phi) is 3.59. The molecule has 0 aliphatic rings. The van der Waals surface area contributed by atoms with Gasteiger partial charge in [-0.05, 0) is 50.2 Å². The van der Waals surface area contributed by atoms with Crippen LogP contribution in [0.5, 0.6) is 0 Å². The van der Waals surface area contributed by atoms with Gasteiger partial charge < -0.3 is 4.57 Å². The predicted molar refractivity (Wildman–Crippen MR) is 84.9 cm³/mol. The van der Waals surface area contributed by atoms with E-state index in [1.54, 1.807) is 11.3 Å². The molecule has 0 spiro atoms. The van der Waals surface area contributed by atoms with Crippen LogP contribution in [0.25, 0.3) is 5.69 Å². The van der Waals surface area contributed by atoms with Crippen molar-refractivity contribution in [1.29, 1.82) is 5.26 Å². The molecule has 0 aliphatic carbocycles. The first kappa shape index (κ1) is 13.6. The molecule has 0 fully saturated rings. The average molecular weight is 293 g/mol. The van der Waals surface area contributed by atoms with Gasteiger partial charge in [-0.2, -0.15) is 5.26 Å². The predicted octanol–water partition coefficient (Wildman–Crippen LogP) is 4.01. The van der Waals surface area contributed by atoms with Gasteiger partial charge in [0.1, 0.15) is 0 Å². The van der Waals surface area contributed by atoms with Crippen LogP contribution in [0, 0.1) is 25.2 Å². The molecule has 0 bridgehead atoms. The van der Waals surface area contributed by atoms with Crippen LogP contribution in [0.1, 0.15) is 27.7 Å². The summed E-state index contributed by atoms with van der Waals surface area (Å²) in [6.07, 6.45) is 0.818. The number of hydrogen-bond acceptors (Lipinski definition) is 3. The molecule has 0 radical (unpaired) electrons. The van der Waals surface area contributed by atoms with E-state index in [2.05, 4.69) is 40.1 Å². The maximum atomic E-state index is 8.90. The van der Waals surface area contributed by atoms with Crippen LogP contribution in [0.4, 0.5) is 0 Å². The van der Waals surface area contributed by atoms with Crippen molar-refractivity contribution >= 4 is 11.3 Å². The lowest BCUT2D eigenvalue weighted by Crippen LogP contribution is -2.03. The number of thiazole rings is 1. The smallest absolute Gasteiger partial charge is 0.0991 e.